The quantitative estimate of drug-likeness (QED) is 0.0908. The van der Waals surface area contributed by atoms with Crippen molar-refractivity contribution in [3.63, 3.8) is 0 Å². The third-order valence-electron chi connectivity index (χ3n) is 16.3. The highest BCUT2D eigenvalue weighted by Crippen LogP contribution is 2.37. The molecule has 0 aromatic heterocycles. The van der Waals surface area contributed by atoms with E-state index in [4.69, 9.17) is 13.1 Å². The van der Waals surface area contributed by atoms with Crippen LogP contribution in [-0.2, 0) is 22.2 Å². The van der Waals surface area contributed by atoms with Crippen molar-refractivity contribution in [1.29, 1.82) is 0 Å². The summed E-state index contributed by atoms with van der Waals surface area (Å²) in [7, 11) is -3.37. The summed E-state index contributed by atoms with van der Waals surface area (Å²) < 4.78 is 102. The maximum Gasteiger partial charge on any atom is 0.416 e. The molecule has 0 heterocycles. The van der Waals surface area contributed by atoms with Crippen molar-refractivity contribution in [2.75, 3.05) is 0 Å². The molecule has 0 N–H and O–H groups in total. The van der Waals surface area contributed by atoms with Crippen LogP contribution in [-0.4, -0.2) is 14.2 Å². The maximum absolute atomic E-state index is 13.1. The van der Waals surface area contributed by atoms with Crippen LogP contribution in [0.1, 0.15) is 105 Å². The minimum Gasteiger partial charge on any atom is -0.289 e. The fourth-order valence-corrected chi connectivity index (χ4v) is 11.2. The molecular weight excluding hydrogens is 1240 g/mol. The van der Waals surface area contributed by atoms with Crippen molar-refractivity contribution in [2.24, 2.45) is 0 Å². The van der Waals surface area contributed by atoms with E-state index < -0.39 is 33.3 Å². The number of rotatable bonds is 7. The summed E-state index contributed by atoms with van der Waals surface area (Å²) in [6, 6.07) is 69.4. The summed E-state index contributed by atoms with van der Waals surface area (Å²) in [6.45, 7) is 40.5. The SMILES string of the molecule is Cc1ccc(-c2ccc(-c3ccc(C)c(C(F)(F)F)c3)cc2)cc1C.Cc1ccc(-c2ccc(C)c(C(F)(F)F)c2)cc1C.Cc1ccc(C(=O)c2ccc(C)cc2)cc1.Cc1ccc(S(=O)(=O)c2ccc(C)cc2)cc1.[C-]#[N+]c1c(C)cccc1C.[C-]#[N+]c1ccc(C)cc1C. The van der Waals surface area contributed by atoms with E-state index in [1.54, 1.807) is 60.7 Å². The lowest BCUT2D eigenvalue weighted by Gasteiger charge is -2.13. The van der Waals surface area contributed by atoms with Crippen molar-refractivity contribution in [2.45, 2.75) is 119 Å². The highest BCUT2D eigenvalue weighted by molar-refractivity contribution is 7.91. The molecule has 0 amide bonds. The predicted octanol–water partition coefficient (Wildman–Crippen LogP) is 24.6. The molecule has 5 nitrogen and oxygen atoms in total. The summed E-state index contributed by atoms with van der Waals surface area (Å²) in [4.78, 5) is 19.5. The smallest absolute Gasteiger partial charge is 0.289 e. The Hall–Kier alpha value is -10.4. The molecule has 0 aliphatic rings. The molecule has 0 spiro atoms. The van der Waals surface area contributed by atoms with Crippen LogP contribution >= 0.6 is 0 Å². The second-order valence-corrected chi connectivity index (χ2v) is 26.1. The van der Waals surface area contributed by atoms with Gasteiger partial charge in [-0.2, -0.15) is 26.3 Å². The van der Waals surface area contributed by atoms with Gasteiger partial charge < -0.3 is 0 Å². The first kappa shape index (κ1) is 75.6. The summed E-state index contributed by atoms with van der Waals surface area (Å²) in [5.41, 5.74) is 20.8. The monoisotopic (exact) mass is 1320 g/mol. The number of nitrogens with zero attached hydrogens (tertiary/aromatic N) is 2. The average Bonchev–Trinajstić information content (AvgIpc) is 0.820. The number of halogens is 6. The van der Waals surface area contributed by atoms with E-state index in [-0.39, 0.29) is 16.9 Å². The van der Waals surface area contributed by atoms with Crippen LogP contribution in [0.25, 0.3) is 43.1 Å². The van der Waals surface area contributed by atoms with E-state index in [0.717, 1.165) is 83.7 Å². The number of sulfone groups is 1. The van der Waals surface area contributed by atoms with E-state index in [2.05, 4.69) is 41.7 Å². The first-order valence-electron chi connectivity index (χ1n) is 31.3. The topological polar surface area (TPSA) is 59.9 Å². The summed E-state index contributed by atoms with van der Waals surface area (Å²) in [5, 5.41) is 0. The largest absolute Gasteiger partial charge is 0.416 e. The van der Waals surface area contributed by atoms with E-state index in [1.165, 1.54) is 65.9 Å². The van der Waals surface area contributed by atoms with Crippen LogP contribution in [0.2, 0.25) is 0 Å². The molecule has 0 unspecified atom stereocenters. The van der Waals surface area contributed by atoms with Gasteiger partial charge in [-0.25, -0.2) is 18.1 Å². The molecule has 11 aromatic rings. The molecule has 97 heavy (non-hydrogen) atoms. The molecule has 11 aromatic carbocycles. The fourth-order valence-electron chi connectivity index (χ4n) is 9.97. The van der Waals surface area contributed by atoms with Crippen LogP contribution in [0.3, 0.4) is 0 Å². The number of hydrogen-bond acceptors (Lipinski definition) is 3. The lowest BCUT2D eigenvalue weighted by Crippen LogP contribution is -2.07. The number of carbonyl (C=O) groups excluding carboxylic acids is 1. The van der Waals surface area contributed by atoms with Gasteiger partial charge in [0.05, 0.1) is 34.1 Å². The zero-order valence-corrected chi connectivity index (χ0v) is 58.1. The number of alkyl halides is 6. The van der Waals surface area contributed by atoms with E-state index >= 15 is 0 Å². The Morgan fingerprint density at radius 2 is 0.619 bits per heavy atom. The second kappa shape index (κ2) is 33.8. The lowest BCUT2D eigenvalue weighted by atomic mass is 9.96. The molecule has 0 aliphatic carbocycles. The Labute approximate surface area is 569 Å². The highest BCUT2D eigenvalue weighted by Gasteiger charge is 2.33. The molecule has 0 bridgehead atoms. The minimum atomic E-state index is -4.33. The molecule has 0 saturated carbocycles. The molecule has 496 valence electrons. The molecule has 0 atom stereocenters. The van der Waals surface area contributed by atoms with E-state index in [0.29, 0.717) is 20.9 Å². The van der Waals surface area contributed by atoms with Gasteiger partial charge in [0, 0.05) is 11.1 Å². The number of hydrogen-bond donors (Lipinski definition) is 0. The van der Waals surface area contributed by atoms with Gasteiger partial charge >= 0.3 is 12.4 Å². The Balaban J connectivity index is 0.000000189. The summed E-state index contributed by atoms with van der Waals surface area (Å²) in [5.74, 6) is 0.0833. The van der Waals surface area contributed by atoms with Crippen LogP contribution in [0.4, 0.5) is 37.7 Å². The standard InChI is InChI=1S/C22H19F3.C16H15F3.C15H14O.C14H14O2S.2C9H9N/c1-14-4-6-19(12-16(14)3)17-8-10-18(11-9-17)20-7-5-15(2)21(13-20)22(23,24)25;1-10-4-6-13(8-12(10)3)14-7-5-11(2)15(9-14)16(17,18)19;1-11-3-7-13(8-4-11)15(16)14-9-5-12(2)6-10-14;1-11-3-7-13(8-4-11)17(15,16)14-9-5-12(2)6-10-14;1-7-4-5-9(10-3)8(2)6-7;1-7-5-4-6-8(2)9(7)10-3/h4-13H,1-3H3;4-9H,1-3H3;3-10H,1-2H3;3-10H,1-2H3;2*4-6H,1-2H3. The number of carbonyl (C=O) groups is 1. The van der Waals surface area contributed by atoms with Crippen molar-refractivity contribution in [3.8, 4) is 33.4 Å². The molecular formula is C85H80F6N2O3S. The normalized spacial score (nSPS) is 10.8. The summed E-state index contributed by atoms with van der Waals surface area (Å²) >= 11 is 0. The van der Waals surface area contributed by atoms with Crippen molar-refractivity contribution in [3.05, 3.63) is 353 Å². The number of para-hydroxylation sites is 1. The third kappa shape index (κ3) is 21.6. The zero-order valence-electron chi connectivity index (χ0n) is 57.2. The Morgan fingerprint density at radius 3 is 0.938 bits per heavy atom. The Morgan fingerprint density at radius 1 is 0.309 bits per heavy atom. The summed E-state index contributed by atoms with van der Waals surface area (Å²) in [6.07, 6.45) is -8.64. The van der Waals surface area contributed by atoms with Crippen LogP contribution < -0.4 is 0 Å². The van der Waals surface area contributed by atoms with Crippen molar-refractivity contribution >= 4 is 27.0 Å². The van der Waals surface area contributed by atoms with E-state index in [9.17, 15) is 39.6 Å². The molecule has 11 rings (SSSR count). The van der Waals surface area contributed by atoms with Crippen molar-refractivity contribution < 1.29 is 39.6 Å². The lowest BCUT2D eigenvalue weighted by molar-refractivity contribution is -0.138. The molecule has 0 saturated heterocycles. The molecule has 0 aliphatic heterocycles. The Kier molecular flexibility index (Phi) is 26.4. The van der Waals surface area contributed by atoms with Gasteiger partial charge in [-0.1, -0.05) is 222 Å². The predicted molar refractivity (Wildman–Crippen MR) is 386 cm³/mol. The first-order chi connectivity index (χ1) is 45.7. The number of ketones is 1. The molecule has 0 radical (unpaired) electrons. The van der Waals surface area contributed by atoms with Crippen LogP contribution in [0.5, 0.6) is 0 Å². The first-order valence-corrected chi connectivity index (χ1v) is 32.7. The molecule has 0 fully saturated rings. The van der Waals surface area contributed by atoms with Crippen LogP contribution in [0, 0.1) is 110 Å². The van der Waals surface area contributed by atoms with E-state index in [1.807, 2.05) is 197 Å². The zero-order chi connectivity index (χ0) is 71.5. The number of aryl methyl sites for hydroxylation is 14. The van der Waals surface area contributed by atoms with Crippen LogP contribution in [0.15, 0.2) is 240 Å². The molecule has 12 heteroatoms. The van der Waals surface area contributed by atoms with Gasteiger partial charge in [0.2, 0.25) is 9.84 Å². The average molecular weight is 1320 g/mol. The van der Waals surface area contributed by atoms with Crippen molar-refractivity contribution in [1.82, 2.24) is 0 Å². The Bertz CT molecular complexity index is 4590. The third-order valence-corrected chi connectivity index (χ3v) is 18.1. The van der Waals surface area contributed by atoms with Gasteiger partial charge in [-0.05, 0) is 217 Å². The van der Waals surface area contributed by atoms with Gasteiger partial charge in [-0.15, -0.1) is 0 Å². The highest BCUT2D eigenvalue weighted by atomic mass is 32.2. The second-order valence-electron chi connectivity index (χ2n) is 24.2. The number of benzene rings is 11. The van der Waals surface area contributed by atoms with Gasteiger partial charge in [0.1, 0.15) is 0 Å². The van der Waals surface area contributed by atoms with Gasteiger partial charge in [-0.3, -0.25) is 4.79 Å². The van der Waals surface area contributed by atoms with Gasteiger partial charge in [0.15, 0.2) is 17.2 Å². The maximum atomic E-state index is 13.1. The van der Waals surface area contributed by atoms with Gasteiger partial charge in [0.25, 0.3) is 0 Å². The minimum absolute atomic E-state index is 0.0833. The fraction of sp³-hybridized carbons (Fsp3) is 0.188.